The number of nitrogens with one attached hydrogen (secondary N) is 3. The van der Waals surface area contributed by atoms with Gasteiger partial charge in [0.25, 0.3) is 11.8 Å². The van der Waals surface area contributed by atoms with Crippen LogP contribution in [0.4, 0.5) is 52.2 Å². The van der Waals surface area contributed by atoms with Crippen LogP contribution in [0.1, 0.15) is 51.7 Å². The highest BCUT2D eigenvalue weighted by Crippen LogP contribution is 2.38. The van der Waals surface area contributed by atoms with Crippen LogP contribution in [-0.4, -0.2) is 214 Å². The number of pyridine rings is 2. The Morgan fingerprint density at radius 2 is 1.11 bits per heavy atom. The number of alkyl halides is 4. The molecule has 6 atom stereocenters. The summed E-state index contributed by atoms with van der Waals surface area (Å²) in [6.45, 7) is 11.4. The van der Waals surface area contributed by atoms with Gasteiger partial charge in [-0.1, -0.05) is 0 Å². The lowest BCUT2D eigenvalue weighted by molar-refractivity contribution is -0.165. The molecule has 0 radical (unpaired) electrons. The van der Waals surface area contributed by atoms with Crippen LogP contribution < -0.4 is 44.7 Å². The van der Waals surface area contributed by atoms with Gasteiger partial charge in [0.15, 0.2) is 12.2 Å². The highest BCUT2D eigenvalue weighted by atomic mass is 35.5. The van der Waals surface area contributed by atoms with Crippen molar-refractivity contribution in [3.05, 3.63) is 96.6 Å². The van der Waals surface area contributed by atoms with Crippen LogP contribution in [0.2, 0.25) is 0 Å². The summed E-state index contributed by atoms with van der Waals surface area (Å²) in [6, 6.07) is 25.2. The minimum absolute atomic E-state index is 0. The first-order valence-corrected chi connectivity index (χ1v) is 29.4. The van der Waals surface area contributed by atoms with Crippen molar-refractivity contribution >= 4 is 58.9 Å². The van der Waals surface area contributed by atoms with Crippen molar-refractivity contribution in [2.45, 2.75) is 88.9 Å². The van der Waals surface area contributed by atoms with E-state index in [0.717, 1.165) is 55.5 Å². The van der Waals surface area contributed by atoms with E-state index in [0.29, 0.717) is 76.2 Å². The van der Waals surface area contributed by atoms with E-state index in [1.165, 1.54) is 44.7 Å². The number of aliphatic carboxylic acids is 1. The lowest BCUT2D eigenvalue weighted by Crippen LogP contribution is -2.56. The maximum Gasteiger partial charge on any atom is 0.332 e. The maximum absolute atomic E-state index is 14.9. The highest BCUT2D eigenvalue weighted by molar-refractivity contribution is 5.85. The smallest absolute Gasteiger partial charge is 0.332 e. The summed E-state index contributed by atoms with van der Waals surface area (Å²) >= 11 is 0. The number of hydrogen-bond donors (Lipinski definition) is 6. The molecule has 492 valence electrons. The lowest BCUT2D eigenvalue weighted by atomic mass is 10.0. The molecule has 2 aromatic carbocycles. The van der Waals surface area contributed by atoms with Gasteiger partial charge in [-0.3, -0.25) is 4.79 Å². The van der Waals surface area contributed by atoms with Gasteiger partial charge in [0, 0.05) is 94.0 Å². The summed E-state index contributed by atoms with van der Waals surface area (Å²) in [6.07, 6.45) is -2.68. The number of likely N-dealkylation sites (tertiary alicyclic amines) is 1. The Morgan fingerprint density at radius 1 is 0.652 bits per heavy atom. The van der Waals surface area contributed by atoms with E-state index in [2.05, 4.69) is 99.5 Å². The van der Waals surface area contributed by atoms with Gasteiger partial charge < -0.3 is 74.7 Å². The van der Waals surface area contributed by atoms with Crippen LogP contribution >= 0.6 is 12.4 Å². The quantitative estimate of drug-likeness (QED) is 0.0540. The highest BCUT2D eigenvalue weighted by Gasteiger charge is 2.48. The second kappa shape index (κ2) is 31.4. The zero-order valence-electron chi connectivity index (χ0n) is 52.1. The number of hydrogen-bond acceptors (Lipinski definition) is 23. The minimum atomic E-state index is -3.38. The van der Waals surface area contributed by atoms with Gasteiger partial charge in [-0.25, -0.2) is 42.3 Å². The largest absolute Gasteiger partial charge is 0.483 e. The van der Waals surface area contributed by atoms with E-state index in [1.807, 2.05) is 30.3 Å². The number of aliphatic hydroxyl groups is 2. The van der Waals surface area contributed by atoms with Gasteiger partial charge in [0.05, 0.1) is 49.8 Å². The molecule has 0 spiro atoms. The van der Waals surface area contributed by atoms with Crippen molar-refractivity contribution in [1.82, 2.24) is 49.9 Å². The van der Waals surface area contributed by atoms with Crippen molar-refractivity contribution in [1.29, 1.82) is 10.5 Å². The first-order valence-electron chi connectivity index (χ1n) is 29.4. The molecule has 6 aromatic rings. The molecule has 92 heavy (non-hydrogen) atoms. The Kier molecular flexibility index (Phi) is 24.0. The molecule has 0 bridgehead atoms. The van der Waals surface area contributed by atoms with Gasteiger partial charge in [-0.2, -0.15) is 20.5 Å². The Bertz CT molecular complexity index is 3610. The van der Waals surface area contributed by atoms with Crippen LogP contribution in [-0.2, 0) is 9.59 Å². The first kappa shape index (κ1) is 70.5. The average molecular weight is 1300 g/mol. The SMILES string of the molecule is COc1nc(Nc2cc(-c3ccc(OC4CCN(C(=O)[C@@H](C)O)CC4(F)F)c(C#N)c3)ncn2)ccc1N1CCN(C)C[C@@H]1C.COc1nc(Nc2cc(-c3ccc(OC4CCNCC4(F)F)c(C#N)c3)ncn2)ccc1N1CCN(C)C[C@@H]1C.C[C@@H](O)C(=O)O.Cl. The first-order chi connectivity index (χ1) is 43.4. The monoisotopic (exact) mass is 1300 g/mol. The van der Waals surface area contributed by atoms with Crippen LogP contribution in [0, 0.1) is 22.7 Å². The van der Waals surface area contributed by atoms with E-state index in [1.54, 1.807) is 44.6 Å². The molecule has 8 heterocycles. The average Bonchev–Trinajstić information content (AvgIpc) is 0.830. The predicted octanol–water partition coefficient (Wildman–Crippen LogP) is 6.85. The van der Waals surface area contributed by atoms with Gasteiger partial charge >= 0.3 is 11.9 Å². The number of methoxy groups -OCH3 is 2. The number of anilines is 6. The molecule has 4 aromatic heterocycles. The Morgan fingerprint density at radius 3 is 1.50 bits per heavy atom. The van der Waals surface area contributed by atoms with Crippen molar-refractivity contribution < 1.29 is 61.4 Å². The number of halogens is 5. The molecule has 25 nitrogen and oxygen atoms in total. The normalized spacial score (nSPS) is 20.1. The minimum Gasteiger partial charge on any atom is -0.483 e. The third-order valence-electron chi connectivity index (χ3n) is 15.5. The number of nitrogens with zero attached hydrogens (tertiary/aromatic N) is 13. The van der Waals surface area contributed by atoms with Gasteiger partial charge in [0.2, 0.25) is 11.8 Å². The van der Waals surface area contributed by atoms with Crippen LogP contribution in [0.15, 0.2) is 85.5 Å². The van der Waals surface area contributed by atoms with E-state index in [-0.39, 0.29) is 54.4 Å². The molecule has 1 amide bonds. The number of aliphatic hydroxyl groups excluding tert-OH is 2. The molecule has 0 aliphatic carbocycles. The topological polar surface area (TPSA) is 309 Å². The molecule has 0 saturated carbocycles. The summed E-state index contributed by atoms with van der Waals surface area (Å²) in [5.41, 5.74) is 4.26. The van der Waals surface area contributed by atoms with Gasteiger partial charge in [-0.15, -0.1) is 12.4 Å². The van der Waals surface area contributed by atoms with E-state index < -0.39 is 61.2 Å². The summed E-state index contributed by atoms with van der Waals surface area (Å²) in [5.74, 6) is -5.20. The molecule has 4 fully saturated rings. The van der Waals surface area contributed by atoms with Crippen molar-refractivity contribution in [2.75, 3.05) is 114 Å². The van der Waals surface area contributed by atoms with Crippen LogP contribution in [0.5, 0.6) is 23.3 Å². The molecule has 30 heteroatoms. The fourth-order valence-corrected chi connectivity index (χ4v) is 10.7. The predicted molar refractivity (Wildman–Crippen MR) is 337 cm³/mol. The molecule has 4 aliphatic rings. The Hall–Kier alpha value is -8.97. The molecular formula is C62H75ClF4N16O9. The van der Waals surface area contributed by atoms with Crippen LogP contribution in [0.3, 0.4) is 0 Å². The number of likely N-dealkylation sites (N-methyl/N-ethyl adjacent to an activating group) is 2. The number of rotatable bonds is 16. The van der Waals surface area contributed by atoms with E-state index >= 15 is 0 Å². The number of aromatic nitrogens is 6. The molecule has 4 saturated heterocycles. The summed E-state index contributed by atoms with van der Waals surface area (Å²) in [4.78, 5) is 58.1. The number of carbonyl (C=O) groups excluding carboxylic acids is 1. The zero-order chi connectivity index (χ0) is 65.7. The summed E-state index contributed by atoms with van der Waals surface area (Å²) in [7, 11) is 7.41. The second-order valence-corrected chi connectivity index (χ2v) is 22.5. The number of amides is 1. The lowest BCUT2D eigenvalue weighted by Gasteiger charge is -2.40. The van der Waals surface area contributed by atoms with Crippen LogP contribution in [0.25, 0.3) is 22.5 Å². The van der Waals surface area contributed by atoms with E-state index in [9.17, 15) is 42.8 Å². The van der Waals surface area contributed by atoms with E-state index in [4.69, 9.17) is 29.2 Å². The van der Waals surface area contributed by atoms with Crippen molar-refractivity contribution in [2.24, 2.45) is 0 Å². The number of piperidine rings is 2. The number of benzene rings is 2. The fraction of sp³-hybridized carbons (Fsp3) is 0.452. The molecule has 10 rings (SSSR count). The fourth-order valence-electron chi connectivity index (χ4n) is 10.7. The number of carbonyl (C=O) groups is 2. The standard InChI is InChI=1S/C31H36F2N8O4.C28H32F2N8O2.C3H6O3.ClH/c1-19-16-39(3)11-12-41(19)24-6-8-27(38-29(24)44-4)37-28-14-23(35-18-36-28)21-5-7-25(22(13-21)15-34)45-26-9-10-40(17-31(26,32)33)30(43)20(2)42;1-18-15-37(2)10-11-38(18)22-5-7-25(36-27(22)39-3)35-26-13-21(33-17-34-26)19-4-6-23(20(12-19)14-31)40-24-8-9-32-16-28(24,29)30;1-2(4)3(5)6;/h5-8,13-14,18-20,26,42H,9-12,16-17H2,1-4H3,(H,35,36,37,38);4-7,12-13,17-18,24,32H,8-11,15-16H2,1-3H3,(H,33,34,35,36);2,4H,1H3,(H,5,6);1H/t19-,20+,26?;18-,24?;2-;/m001./s1. The van der Waals surface area contributed by atoms with Gasteiger partial charge in [-0.05, 0) is 109 Å². The number of carboxylic acid groups (broad SMARTS) is 1. The number of carboxylic acids is 1. The van der Waals surface area contributed by atoms with Gasteiger partial charge in [0.1, 0.15) is 83.1 Å². The molecule has 6 N–H and O–H groups in total. The number of piperazine rings is 2. The van der Waals surface area contributed by atoms with Crippen molar-refractivity contribution in [3.8, 4) is 57.9 Å². The molecular weight excluding hydrogens is 1220 g/mol. The number of nitriles is 2. The second-order valence-electron chi connectivity index (χ2n) is 22.5. The molecule has 4 aliphatic heterocycles. The Labute approximate surface area is 536 Å². The van der Waals surface area contributed by atoms with Crippen molar-refractivity contribution in [3.63, 3.8) is 0 Å². The third-order valence-corrected chi connectivity index (χ3v) is 15.5. The maximum atomic E-state index is 14.9. The summed E-state index contributed by atoms with van der Waals surface area (Å²) < 4.78 is 80.7. The Balaban J connectivity index is 0.000000238. The number of ether oxygens (including phenoxy) is 4. The molecule has 2 unspecified atom stereocenters. The third kappa shape index (κ3) is 17.7. The zero-order valence-corrected chi connectivity index (χ0v) is 52.9. The summed E-state index contributed by atoms with van der Waals surface area (Å²) in [5, 5.41) is 53.8.